The summed E-state index contributed by atoms with van der Waals surface area (Å²) in [5, 5.41) is 4.79. The monoisotopic (exact) mass is 593 g/mol. The van der Waals surface area contributed by atoms with Gasteiger partial charge in [0.15, 0.2) is 5.65 Å². The lowest BCUT2D eigenvalue weighted by Crippen LogP contribution is -2.65. The number of rotatable bonds is 4. The van der Waals surface area contributed by atoms with E-state index in [9.17, 15) is 31.1 Å². The van der Waals surface area contributed by atoms with Crippen LogP contribution in [0.2, 0.25) is 0 Å². The molecule has 0 spiro atoms. The Morgan fingerprint density at radius 1 is 1.00 bits per heavy atom. The molecule has 1 aliphatic rings. The van der Waals surface area contributed by atoms with Crippen molar-refractivity contribution in [3.8, 4) is 5.69 Å². The third-order valence-electron chi connectivity index (χ3n) is 7.27. The first-order chi connectivity index (χ1) is 19.5. The van der Waals surface area contributed by atoms with Crippen LogP contribution in [0.5, 0.6) is 0 Å². The fraction of sp³-hybridized carbons (Fsp3) is 0.429. The maximum absolute atomic E-state index is 13.9. The summed E-state index contributed by atoms with van der Waals surface area (Å²) in [6.07, 6.45) is -8.29. The molecule has 0 saturated carbocycles. The van der Waals surface area contributed by atoms with Gasteiger partial charge in [-0.3, -0.25) is 15.1 Å². The SMILES string of the molecule is CC(C)n1c(=O)c2cnc(Nc3ccc4c(c3)CCNC4(C(F)(F)F)C(F)(F)F)nc2n1-c1ccnc(C(C)(C)C)c1. The smallest absolute Gasteiger partial charge is 0.324 e. The number of hydrogen-bond donors (Lipinski definition) is 2. The number of benzene rings is 1. The number of halogens is 6. The van der Waals surface area contributed by atoms with Crippen molar-refractivity contribution in [3.05, 3.63) is 69.9 Å². The lowest BCUT2D eigenvalue weighted by molar-refractivity contribution is -0.315. The van der Waals surface area contributed by atoms with E-state index in [1.54, 1.807) is 22.3 Å². The van der Waals surface area contributed by atoms with Gasteiger partial charge in [0.05, 0.1) is 5.69 Å². The van der Waals surface area contributed by atoms with Crippen LogP contribution in [-0.4, -0.2) is 43.2 Å². The third-order valence-corrected chi connectivity index (χ3v) is 7.27. The molecule has 0 saturated heterocycles. The fourth-order valence-electron chi connectivity index (χ4n) is 5.25. The average molecular weight is 594 g/mol. The minimum atomic E-state index is -5.61. The van der Waals surface area contributed by atoms with E-state index in [2.05, 4.69) is 20.3 Å². The molecule has 14 heteroatoms. The fourth-order valence-corrected chi connectivity index (χ4v) is 5.25. The second kappa shape index (κ2) is 9.82. The highest BCUT2D eigenvalue weighted by Gasteiger charge is 2.72. The molecule has 4 aromatic rings. The Balaban J connectivity index is 1.60. The Kier molecular flexibility index (Phi) is 6.91. The van der Waals surface area contributed by atoms with Gasteiger partial charge >= 0.3 is 12.4 Å². The van der Waals surface area contributed by atoms with Crippen LogP contribution in [0.25, 0.3) is 16.7 Å². The van der Waals surface area contributed by atoms with Gasteiger partial charge in [0.25, 0.3) is 5.56 Å². The van der Waals surface area contributed by atoms with E-state index in [1.165, 1.54) is 16.9 Å². The molecule has 0 radical (unpaired) electrons. The highest BCUT2D eigenvalue weighted by molar-refractivity contribution is 5.77. The molecule has 0 unspecified atom stereocenters. The Bertz CT molecular complexity index is 1700. The zero-order chi connectivity index (χ0) is 30.8. The van der Waals surface area contributed by atoms with Gasteiger partial charge in [0, 0.05) is 41.8 Å². The van der Waals surface area contributed by atoms with Crippen molar-refractivity contribution in [1.29, 1.82) is 0 Å². The van der Waals surface area contributed by atoms with Crippen LogP contribution in [-0.2, 0) is 17.4 Å². The van der Waals surface area contributed by atoms with Crippen LogP contribution in [0, 0.1) is 0 Å². The summed E-state index contributed by atoms with van der Waals surface area (Å²) in [5.74, 6) is 0.00838. The van der Waals surface area contributed by atoms with E-state index in [-0.39, 0.29) is 51.7 Å². The molecule has 0 amide bonds. The number of anilines is 2. The van der Waals surface area contributed by atoms with Crippen molar-refractivity contribution >= 4 is 22.7 Å². The van der Waals surface area contributed by atoms with E-state index >= 15 is 0 Å². The summed E-state index contributed by atoms with van der Waals surface area (Å²) in [4.78, 5) is 26.6. The van der Waals surface area contributed by atoms with Crippen molar-refractivity contribution in [2.45, 2.75) is 70.4 Å². The molecule has 1 aromatic carbocycles. The number of alkyl halides is 6. The van der Waals surface area contributed by atoms with E-state index in [0.717, 1.165) is 17.8 Å². The quantitative estimate of drug-likeness (QED) is 0.280. The van der Waals surface area contributed by atoms with Gasteiger partial charge in [-0.25, -0.2) is 14.3 Å². The Labute approximate surface area is 236 Å². The number of fused-ring (bicyclic) bond motifs is 2. The van der Waals surface area contributed by atoms with Crippen molar-refractivity contribution in [3.63, 3.8) is 0 Å². The van der Waals surface area contributed by atoms with Gasteiger partial charge in [0.1, 0.15) is 5.39 Å². The first-order valence-electron chi connectivity index (χ1n) is 13.2. The predicted octanol–water partition coefficient (Wildman–Crippen LogP) is 6.06. The summed E-state index contributed by atoms with van der Waals surface area (Å²) in [6.45, 7) is 9.20. The lowest BCUT2D eigenvalue weighted by Gasteiger charge is -2.42. The van der Waals surface area contributed by atoms with E-state index < -0.39 is 30.0 Å². The molecule has 1 aliphatic heterocycles. The maximum atomic E-state index is 13.9. The van der Waals surface area contributed by atoms with Gasteiger partial charge in [0.2, 0.25) is 11.5 Å². The van der Waals surface area contributed by atoms with Crippen molar-refractivity contribution in [1.82, 2.24) is 29.6 Å². The molecule has 3 aromatic heterocycles. The second-order valence-electron chi connectivity index (χ2n) is 11.6. The number of nitrogens with zero attached hydrogens (tertiary/aromatic N) is 5. The molecule has 42 heavy (non-hydrogen) atoms. The lowest BCUT2D eigenvalue weighted by atomic mass is 9.80. The normalized spacial score (nSPS) is 15.7. The summed E-state index contributed by atoms with van der Waals surface area (Å²) >= 11 is 0. The molecule has 0 atom stereocenters. The molecule has 5 rings (SSSR count). The molecule has 0 fully saturated rings. The molecular weight excluding hydrogens is 564 g/mol. The van der Waals surface area contributed by atoms with Gasteiger partial charge < -0.3 is 5.32 Å². The van der Waals surface area contributed by atoms with Gasteiger partial charge in [-0.2, -0.15) is 31.3 Å². The summed E-state index contributed by atoms with van der Waals surface area (Å²) < 4.78 is 86.4. The third kappa shape index (κ3) is 4.71. The molecule has 0 aliphatic carbocycles. The van der Waals surface area contributed by atoms with Crippen LogP contribution in [0.3, 0.4) is 0 Å². The van der Waals surface area contributed by atoms with E-state index in [4.69, 9.17) is 0 Å². The largest absolute Gasteiger partial charge is 0.419 e. The standard InChI is InChI=1S/C28H29F6N7O/c1-15(2)40-23(42)19-14-36-24(39-22(19)41(40)18-9-10-35-21(13-18)25(3,4)5)38-17-6-7-20-16(12-17)8-11-37-26(20,27(29,30)31)28(32,33)34/h6-7,9-10,12-15,37H,8,11H2,1-5H3,(H,36,38,39). The minimum absolute atomic E-state index is 0.00838. The zero-order valence-electron chi connectivity index (χ0n) is 23.4. The highest BCUT2D eigenvalue weighted by atomic mass is 19.4. The van der Waals surface area contributed by atoms with Crippen molar-refractivity contribution < 1.29 is 26.3 Å². The summed E-state index contributed by atoms with van der Waals surface area (Å²) in [6, 6.07) is 6.52. The molecule has 8 nitrogen and oxygen atoms in total. The number of hydrogen-bond acceptors (Lipinski definition) is 6. The zero-order valence-corrected chi connectivity index (χ0v) is 23.4. The molecule has 4 heterocycles. The van der Waals surface area contributed by atoms with Crippen LogP contribution >= 0.6 is 0 Å². The Morgan fingerprint density at radius 2 is 1.69 bits per heavy atom. The van der Waals surface area contributed by atoms with Crippen LogP contribution in [0.4, 0.5) is 38.0 Å². The molecule has 224 valence electrons. The maximum Gasteiger partial charge on any atom is 0.419 e. The predicted molar refractivity (Wildman–Crippen MR) is 145 cm³/mol. The first kappa shape index (κ1) is 29.5. The summed E-state index contributed by atoms with van der Waals surface area (Å²) in [7, 11) is 0. The van der Waals surface area contributed by atoms with Gasteiger partial charge in [-0.15, -0.1) is 0 Å². The number of pyridine rings is 1. The minimum Gasteiger partial charge on any atom is -0.324 e. The van der Waals surface area contributed by atoms with Gasteiger partial charge in [-0.1, -0.05) is 26.8 Å². The van der Waals surface area contributed by atoms with Crippen molar-refractivity contribution in [2.75, 3.05) is 11.9 Å². The van der Waals surface area contributed by atoms with E-state index in [1.807, 2.05) is 40.7 Å². The van der Waals surface area contributed by atoms with Gasteiger partial charge in [-0.05, 0) is 55.7 Å². The second-order valence-corrected chi connectivity index (χ2v) is 11.6. The Morgan fingerprint density at radius 3 is 2.31 bits per heavy atom. The molecule has 0 bridgehead atoms. The molecular formula is C28H29F6N7O. The Hall–Kier alpha value is -3.94. The van der Waals surface area contributed by atoms with Crippen LogP contribution < -0.4 is 16.2 Å². The first-order valence-corrected chi connectivity index (χ1v) is 13.2. The van der Waals surface area contributed by atoms with E-state index in [0.29, 0.717) is 5.69 Å². The highest BCUT2D eigenvalue weighted by Crippen LogP contribution is 2.52. The number of nitrogens with one attached hydrogen (secondary N) is 2. The molecule has 2 N–H and O–H groups in total. The summed E-state index contributed by atoms with van der Waals surface area (Å²) in [5.41, 5.74) is -3.88. The topological polar surface area (TPSA) is 89.7 Å². The van der Waals surface area contributed by atoms with Crippen molar-refractivity contribution in [2.24, 2.45) is 0 Å². The van der Waals surface area contributed by atoms with Crippen LogP contribution in [0.1, 0.15) is 57.5 Å². The number of aromatic nitrogens is 5. The van der Waals surface area contributed by atoms with Crippen LogP contribution in [0.15, 0.2) is 47.5 Å². The average Bonchev–Trinajstić information content (AvgIpc) is 3.18.